The topological polar surface area (TPSA) is 44.8 Å². The van der Waals surface area contributed by atoms with Gasteiger partial charge in [0.05, 0.1) is 19.1 Å². The van der Waals surface area contributed by atoms with Crippen molar-refractivity contribution in [2.75, 3.05) is 13.2 Å². The van der Waals surface area contributed by atoms with Gasteiger partial charge in [-0.3, -0.25) is 4.79 Å². The number of ether oxygens (including phenoxy) is 3. The Kier molecular flexibility index (Phi) is 10.6. The SMILES string of the molecule is C=C(C)C(CCCCCCOc1ccc(OCc2ccccc2)cc1)C(=O)OCC. The van der Waals surface area contributed by atoms with Gasteiger partial charge >= 0.3 is 5.97 Å². The minimum Gasteiger partial charge on any atom is -0.494 e. The number of unbranched alkanes of at least 4 members (excludes halogenated alkanes) is 3. The first kappa shape index (κ1) is 23.5. The van der Waals surface area contributed by atoms with Crippen LogP contribution in [0.25, 0.3) is 0 Å². The fraction of sp³-hybridized carbons (Fsp3) is 0.423. The van der Waals surface area contributed by atoms with Crippen molar-refractivity contribution in [3.8, 4) is 11.5 Å². The van der Waals surface area contributed by atoms with Crippen LogP contribution in [0.3, 0.4) is 0 Å². The Morgan fingerprint density at radius 2 is 1.53 bits per heavy atom. The second-order valence-corrected chi connectivity index (χ2v) is 7.45. The number of esters is 1. The number of rotatable bonds is 14. The summed E-state index contributed by atoms with van der Waals surface area (Å²) >= 11 is 0. The average Bonchev–Trinajstić information content (AvgIpc) is 2.75. The normalized spacial score (nSPS) is 11.5. The van der Waals surface area contributed by atoms with Crippen LogP contribution in [0.2, 0.25) is 0 Å². The third-order valence-electron chi connectivity index (χ3n) is 4.89. The molecule has 0 spiro atoms. The second kappa shape index (κ2) is 13.5. The lowest BCUT2D eigenvalue weighted by molar-refractivity contribution is -0.146. The van der Waals surface area contributed by atoms with Gasteiger partial charge in [-0.2, -0.15) is 0 Å². The van der Waals surface area contributed by atoms with Gasteiger partial charge in [-0.1, -0.05) is 61.7 Å². The smallest absolute Gasteiger partial charge is 0.313 e. The van der Waals surface area contributed by atoms with Crippen molar-refractivity contribution in [2.45, 2.75) is 52.6 Å². The standard InChI is InChI=1S/C26H34O4/c1-4-28-26(27)25(21(2)3)14-10-5-6-11-19-29-23-15-17-24(18-16-23)30-20-22-12-8-7-9-13-22/h7-9,12-13,15-18,25H,2,4-6,10-11,14,19-20H2,1,3H3. The molecule has 4 nitrogen and oxygen atoms in total. The van der Waals surface area contributed by atoms with E-state index in [1.165, 1.54) is 0 Å². The lowest BCUT2D eigenvalue weighted by atomic mass is 9.95. The lowest BCUT2D eigenvalue weighted by Crippen LogP contribution is -2.18. The van der Waals surface area contributed by atoms with Gasteiger partial charge in [-0.15, -0.1) is 0 Å². The Hall–Kier alpha value is -2.75. The van der Waals surface area contributed by atoms with Crippen molar-refractivity contribution >= 4 is 5.97 Å². The van der Waals surface area contributed by atoms with Crippen LogP contribution in [-0.4, -0.2) is 19.2 Å². The van der Waals surface area contributed by atoms with E-state index in [-0.39, 0.29) is 11.9 Å². The molecule has 0 amide bonds. The number of benzene rings is 2. The summed E-state index contributed by atoms with van der Waals surface area (Å²) in [4.78, 5) is 11.9. The zero-order valence-corrected chi connectivity index (χ0v) is 18.3. The van der Waals surface area contributed by atoms with Gasteiger partial charge in [0.2, 0.25) is 0 Å². The minimum absolute atomic E-state index is 0.149. The fourth-order valence-corrected chi connectivity index (χ4v) is 3.18. The van der Waals surface area contributed by atoms with Crippen LogP contribution in [0.15, 0.2) is 66.7 Å². The van der Waals surface area contributed by atoms with E-state index in [9.17, 15) is 4.79 Å². The number of hydrogen-bond acceptors (Lipinski definition) is 4. The summed E-state index contributed by atoms with van der Waals surface area (Å²) in [7, 11) is 0. The first-order valence-corrected chi connectivity index (χ1v) is 10.8. The molecule has 0 aliphatic heterocycles. The molecule has 0 bridgehead atoms. The van der Waals surface area contributed by atoms with E-state index in [1.807, 2.05) is 68.4 Å². The van der Waals surface area contributed by atoms with E-state index in [1.54, 1.807) is 0 Å². The van der Waals surface area contributed by atoms with Gasteiger partial charge in [0.15, 0.2) is 0 Å². The molecule has 0 saturated heterocycles. The zero-order chi connectivity index (χ0) is 21.6. The highest BCUT2D eigenvalue weighted by Gasteiger charge is 2.19. The molecule has 2 aromatic carbocycles. The van der Waals surface area contributed by atoms with Gasteiger partial charge in [0.25, 0.3) is 0 Å². The molecule has 4 heteroatoms. The largest absolute Gasteiger partial charge is 0.494 e. The van der Waals surface area contributed by atoms with Crippen LogP contribution >= 0.6 is 0 Å². The lowest BCUT2D eigenvalue weighted by Gasteiger charge is -2.15. The second-order valence-electron chi connectivity index (χ2n) is 7.45. The third kappa shape index (κ3) is 8.73. The van der Waals surface area contributed by atoms with Crippen molar-refractivity contribution in [3.05, 3.63) is 72.3 Å². The maximum Gasteiger partial charge on any atom is 0.313 e. The van der Waals surface area contributed by atoms with Crippen LogP contribution < -0.4 is 9.47 Å². The fourth-order valence-electron chi connectivity index (χ4n) is 3.18. The van der Waals surface area contributed by atoms with Crippen molar-refractivity contribution in [1.29, 1.82) is 0 Å². The van der Waals surface area contributed by atoms with Crippen LogP contribution in [-0.2, 0) is 16.1 Å². The van der Waals surface area contributed by atoms with E-state index < -0.39 is 0 Å². The zero-order valence-electron chi connectivity index (χ0n) is 18.3. The monoisotopic (exact) mass is 410 g/mol. The van der Waals surface area contributed by atoms with Crippen LogP contribution in [0, 0.1) is 5.92 Å². The number of carbonyl (C=O) groups is 1. The quantitative estimate of drug-likeness (QED) is 0.207. The van der Waals surface area contributed by atoms with Crippen LogP contribution in [0.5, 0.6) is 11.5 Å². The highest BCUT2D eigenvalue weighted by molar-refractivity contribution is 5.75. The molecule has 0 aliphatic rings. The summed E-state index contributed by atoms with van der Waals surface area (Å²) in [6.07, 6.45) is 4.93. The van der Waals surface area contributed by atoms with E-state index in [2.05, 4.69) is 6.58 Å². The Morgan fingerprint density at radius 1 is 0.900 bits per heavy atom. The maximum atomic E-state index is 11.9. The summed E-state index contributed by atoms with van der Waals surface area (Å²) in [5.74, 6) is 1.36. The Balaban J connectivity index is 1.58. The van der Waals surface area contributed by atoms with Gasteiger partial charge in [-0.25, -0.2) is 0 Å². The van der Waals surface area contributed by atoms with Crippen molar-refractivity contribution < 1.29 is 19.0 Å². The average molecular weight is 411 g/mol. The molecule has 0 radical (unpaired) electrons. The molecule has 1 unspecified atom stereocenters. The maximum absolute atomic E-state index is 11.9. The highest BCUT2D eigenvalue weighted by Crippen LogP contribution is 2.21. The predicted octanol–water partition coefficient (Wildman–Crippen LogP) is 6.35. The number of carbonyl (C=O) groups excluding carboxylic acids is 1. The van der Waals surface area contributed by atoms with Crippen molar-refractivity contribution in [3.63, 3.8) is 0 Å². The van der Waals surface area contributed by atoms with Crippen molar-refractivity contribution in [2.24, 2.45) is 5.92 Å². The molecule has 0 aliphatic carbocycles. The van der Waals surface area contributed by atoms with E-state index in [0.29, 0.717) is 19.8 Å². The summed E-state index contributed by atoms with van der Waals surface area (Å²) < 4.78 is 16.7. The molecule has 0 N–H and O–H groups in total. The first-order valence-electron chi connectivity index (χ1n) is 10.8. The highest BCUT2D eigenvalue weighted by atomic mass is 16.5. The molecular formula is C26H34O4. The summed E-state index contributed by atoms with van der Waals surface area (Å²) in [5, 5.41) is 0. The Bertz CT molecular complexity index is 752. The van der Waals surface area contributed by atoms with E-state index >= 15 is 0 Å². The van der Waals surface area contributed by atoms with Gasteiger partial charge < -0.3 is 14.2 Å². The van der Waals surface area contributed by atoms with Crippen molar-refractivity contribution in [1.82, 2.24) is 0 Å². The summed E-state index contributed by atoms with van der Waals surface area (Å²) in [6, 6.07) is 17.9. The first-order chi connectivity index (χ1) is 14.6. The Morgan fingerprint density at radius 3 is 2.17 bits per heavy atom. The Labute approximate surface area is 180 Å². The molecule has 1 atom stereocenters. The van der Waals surface area contributed by atoms with E-state index in [4.69, 9.17) is 14.2 Å². The predicted molar refractivity (Wildman–Crippen MR) is 121 cm³/mol. The molecular weight excluding hydrogens is 376 g/mol. The number of hydrogen-bond donors (Lipinski definition) is 0. The molecule has 30 heavy (non-hydrogen) atoms. The van der Waals surface area contributed by atoms with Gasteiger partial charge in [0.1, 0.15) is 18.1 Å². The molecule has 2 rings (SSSR count). The summed E-state index contributed by atoms with van der Waals surface area (Å²) in [5.41, 5.74) is 2.03. The molecule has 0 aromatic heterocycles. The minimum atomic E-state index is -0.177. The molecule has 0 heterocycles. The van der Waals surface area contributed by atoms with Gasteiger partial charge in [0, 0.05) is 0 Å². The third-order valence-corrected chi connectivity index (χ3v) is 4.89. The van der Waals surface area contributed by atoms with E-state index in [0.717, 1.165) is 54.7 Å². The molecule has 0 saturated carbocycles. The molecule has 0 fully saturated rings. The van der Waals surface area contributed by atoms with Gasteiger partial charge in [-0.05, 0) is 56.5 Å². The molecule has 162 valence electrons. The van der Waals surface area contributed by atoms with Crippen LogP contribution in [0.1, 0.15) is 51.5 Å². The molecule has 2 aromatic rings. The summed E-state index contributed by atoms with van der Waals surface area (Å²) in [6.45, 7) is 9.31. The van der Waals surface area contributed by atoms with Crippen LogP contribution in [0.4, 0.5) is 0 Å².